The van der Waals surface area contributed by atoms with Crippen LogP contribution in [0.25, 0.3) is 32.3 Å². The SMILES string of the molecule is Fc1cc(C(c2ccccc2)c2ccccc2)ccc1N(c1ccccc1)c1cc2cc(N(c3ccccc3)c3ccc(C(c4ccccc4)c4ccccc4)cc3F)c3ccccc3c2c2ccccc12. The molecule has 0 bridgehead atoms. The van der Waals surface area contributed by atoms with Gasteiger partial charge in [0.2, 0.25) is 0 Å². The second-order valence-corrected chi connectivity index (χ2v) is 18.3. The van der Waals surface area contributed by atoms with Gasteiger partial charge in [0.25, 0.3) is 0 Å². The van der Waals surface area contributed by atoms with Crippen LogP contribution in [0.15, 0.2) is 279 Å². The van der Waals surface area contributed by atoms with E-state index in [0.29, 0.717) is 11.4 Å². The Hall–Kier alpha value is -9.12. The maximum absolute atomic E-state index is 17.6. The van der Waals surface area contributed by atoms with Crippen LogP contribution in [-0.2, 0) is 0 Å². The minimum absolute atomic E-state index is 0.169. The Morgan fingerprint density at radius 1 is 0.250 bits per heavy atom. The normalized spacial score (nSPS) is 11.4. The number of hydrogen-bond acceptors (Lipinski definition) is 2. The van der Waals surface area contributed by atoms with E-state index in [1.807, 2.05) is 168 Å². The lowest BCUT2D eigenvalue weighted by molar-refractivity contribution is 0.625. The number of nitrogens with zero attached hydrogens (tertiary/aromatic N) is 2. The summed E-state index contributed by atoms with van der Waals surface area (Å²) in [7, 11) is 0. The number of hydrogen-bond donors (Lipinski definition) is 0. The van der Waals surface area contributed by atoms with E-state index in [9.17, 15) is 0 Å². The minimum atomic E-state index is -0.340. The second-order valence-electron chi connectivity index (χ2n) is 18.3. The van der Waals surface area contributed by atoms with Gasteiger partial charge in [-0.15, -0.1) is 0 Å². The molecule has 344 valence electrons. The maximum atomic E-state index is 17.6. The lowest BCUT2D eigenvalue weighted by atomic mass is 9.85. The molecule has 0 aliphatic carbocycles. The summed E-state index contributed by atoms with van der Waals surface area (Å²) in [6, 6.07) is 93.7. The van der Waals surface area contributed by atoms with E-state index in [1.165, 1.54) is 0 Å². The topological polar surface area (TPSA) is 6.48 Å². The van der Waals surface area contributed by atoms with Gasteiger partial charge in [-0.05, 0) is 116 Å². The molecule has 0 heterocycles. The number of anilines is 6. The highest BCUT2D eigenvalue weighted by Crippen LogP contribution is 2.49. The molecule has 0 N–H and O–H groups in total. The van der Waals surface area contributed by atoms with Crippen LogP contribution in [0.1, 0.15) is 45.2 Å². The molecule has 4 heteroatoms. The Labute approximate surface area is 419 Å². The van der Waals surface area contributed by atoms with Gasteiger partial charge in [-0.25, -0.2) is 8.78 Å². The van der Waals surface area contributed by atoms with Gasteiger partial charge < -0.3 is 9.80 Å². The summed E-state index contributed by atoms with van der Waals surface area (Å²) >= 11 is 0. The molecule has 0 aliphatic heterocycles. The first-order chi connectivity index (χ1) is 35.6. The number of fused-ring (bicyclic) bond motifs is 5. The standard InChI is InChI=1S/C68H48F2N2/c69-60-43-51(66(47-23-7-1-8-24-47)48-25-9-2-10-26-48)39-41-62(60)71(54-31-15-5-16-32-54)64-45-53-46-65(57-36-20-22-38-59(57)68(53)58-37-21-19-35-56(58)64)72(55-33-17-6-18-34-55)63-42-40-52(44-61(63)70)67(49-27-11-3-12-28-49)50-29-13-4-14-30-50/h1-46,66-67H. The van der Waals surface area contributed by atoms with Crippen molar-refractivity contribution in [2.24, 2.45) is 0 Å². The molecule has 0 atom stereocenters. The summed E-state index contributed by atoms with van der Waals surface area (Å²) in [5, 5.41) is 5.96. The Morgan fingerprint density at radius 3 is 0.861 bits per heavy atom. The van der Waals surface area contributed by atoms with Crippen molar-refractivity contribution in [3.8, 4) is 0 Å². The predicted octanol–water partition coefficient (Wildman–Crippen LogP) is 18.7. The highest BCUT2D eigenvalue weighted by Gasteiger charge is 2.27. The number of para-hydroxylation sites is 2. The van der Waals surface area contributed by atoms with Crippen molar-refractivity contribution in [2.45, 2.75) is 11.8 Å². The Morgan fingerprint density at radius 2 is 0.542 bits per heavy atom. The van der Waals surface area contributed by atoms with Crippen LogP contribution in [0.3, 0.4) is 0 Å². The lowest BCUT2D eigenvalue weighted by Crippen LogP contribution is -2.14. The highest BCUT2D eigenvalue weighted by molar-refractivity contribution is 6.26. The highest BCUT2D eigenvalue weighted by atomic mass is 19.1. The third kappa shape index (κ3) is 8.23. The van der Waals surface area contributed by atoms with Gasteiger partial charge >= 0.3 is 0 Å². The molecule has 0 unspecified atom stereocenters. The molecule has 0 amide bonds. The smallest absolute Gasteiger partial charge is 0.147 e. The van der Waals surface area contributed by atoms with Crippen LogP contribution in [0.4, 0.5) is 42.9 Å². The largest absolute Gasteiger partial charge is 0.307 e. The number of rotatable bonds is 12. The Kier molecular flexibility index (Phi) is 11.9. The fourth-order valence-corrected chi connectivity index (χ4v) is 10.8. The predicted molar refractivity (Wildman–Crippen MR) is 296 cm³/mol. The van der Waals surface area contributed by atoms with Crippen LogP contribution in [0.5, 0.6) is 0 Å². The van der Waals surface area contributed by atoms with Crippen molar-refractivity contribution < 1.29 is 8.78 Å². The summed E-state index contributed by atoms with van der Waals surface area (Å²) in [5.74, 6) is -1.02. The van der Waals surface area contributed by atoms with Crippen molar-refractivity contribution in [1.29, 1.82) is 0 Å². The number of halogens is 2. The molecule has 0 aliphatic rings. The van der Waals surface area contributed by atoms with E-state index in [4.69, 9.17) is 0 Å². The molecule has 2 nitrogen and oxygen atoms in total. The number of benzene rings is 12. The third-order valence-corrected chi connectivity index (χ3v) is 14.0. The van der Waals surface area contributed by atoms with Crippen molar-refractivity contribution in [3.63, 3.8) is 0 Å². The van der Waals surface area contributed by atoms with Gasteiger partial charge in [-0.1, -0.05) is 218 Å². The monoisotopic (exact) mass is 930 g/mol. The van der Waals surface area contributed by atoms with Crippen molar-refractivity contribution in [1.82, 2.24) is 0 Å². The molecular formula is C68H48F2N2. The van der Waals surface area contributed by atoms with E-state index in [1.54, 1.807) is 12.1 Å². The van der Waals surface area contributed by atoms with Gasteiger partial charge in [-0.2, -0.15) is 0 Å². The van der Waals surface area contributed by atoms with Crippen LogP contribution >= 0.6 is 0 Å². The van der Waals surface area contributed by atoms with Gasteiger partial charge in [0.1, 0.15) is 11.6 Å². The van der Waals surface area contributed by atoms with E-state index >= 15 is 8.78 Å². The zero-order valence-corrected chi connectivity index (χ0v) is 39.4. The summed E-state index contributed by atoms with van der Waals surface area (Å²) in [4.78, 5) is 4.08. The van der Waals surface area contributed by atoms with E-state index in [0.717, 1.165) is 88.4 Å². The molecule has 0 saturated heterocycles. The second kappa shape index (κ2) is 19.3. The first-order valence-corrected chi connectivity index (χ1v) is 24.5. The van der Waals surface area contributed by atoms with Gasteiger partial charge in [0, 0.05) is 34.0 Å². The summed E-state index contributed by atoms with van der Waals surface area (Å²) in [6.45, 7) is 0. The molecule has 12 aromatic rings. The molecular weight excluding hydrogens is 883 g/mol. The molecule has 0 fully saturated rings. The third-order valence-electron chi connectivity index (χ3n) is 14.0. The molecule has 0 radical (unpaired) electrons. The van der Waals surface area contributed by atoms with E-state index < -0.39 is 0 Å². The Balaban J connectivity index is 1.06. The molecule has 12 aromatic carbocycles. The van der Waals surface area contributed by atoms with Crippen LogP contribution < -0.4 is 9.80 Å². The van der Waals surface area contributed by atoms with Crippen LogP contribution in [0.2, 0.25) is 0 Å². The van der Waals surface area contributed by atoms with E-state index in [-0.39, 0.29) is 23.5 Å². The van der Waals surface area contributed by atoms with Crippen molar-refractivity contribution in [3.05, 3.63) is 324 Å². The van der Waals surface area contributed by atoms with Gasteiger partial charge in [0.15, 0.2) is 0 Å². The first-order valence-electron chi connectivity index (χ1n) is 24.5. The van der Waals surface area contributed by atoms with Gasteiger partial charge in [-0.3, -0.25) is 0 Å². The lowest BCUT2D eigenvalue weighted by Gasteiger charge is -2.30. The molecule has 0 aromatic heterocycles. The zero-order valence-electron chi connectivity index (χ0n) is 39.4. The molecule has 12 rings (SSSR count). The average Bonchev–Trinajstić information content (AvgIpc) is 3.44. The Bertz CT molecular complexity index is 3500. The van der Waals surface area contributed by atoms with Crippen molar-refractivity contribution in [2.75, 3.05) is 9.80 Å². The molecule has 72 heavy (non-hydrogen) atoms. The maximum Gasteiger partial charge on any atom is 0.147 e. The molecule has 0 spiro atoms. The first kappa shape index (κ1) is 44.1. The summed E-state index contributed by atoms with van der Waals surface area (Å²) in [5.41, 5.74) is 10.2. The zero-order chi connectivity index (χ0) is 48.4. The summed E-state index contributed by atoms with van der Waals surface area (Å²) < 4.78 is 35.1. The minimum Gasteiger partial charge on any atom is -0.307 e. The quantitative estimate of drug-likeness (QED) is 0.0890. The van der Waals surface area contributed by atoms with E-state index in [2.05, 4.69) is 109 Å². The van der Waals surface area contributed by atoms with Gasteiger partial charge in [0.05, 0.1) is 22.7 Å². The fraction of sp³-hybridized carbons (Fsp3) is 0.0294. The van der Waals surface area contributed by atoms with Crippen LogP contribution in [0, 0.1) is 11.6 Å². The summed E-state index contributed by atoms with van der Waals surface area (Å²) in [6.07, 6.45) is 0. The molecule has 0 saturated carbocycles. The average molecular weight is 931 g/mol. The van der Waals surface area contributed by atoms with Crippen molar-refractivity contribution >= 4 is 66.4 Å². The fourth-order valence-electron chi connectivity index (χ4n) is 10.8. The van der Waals surface area contributed by atoms with Crippen LogP contribution in [-0.4, -0.2) is 0 Å².